The first-order valence-electron chi connectivity index (χ1n) is 10.1. The van der Waals surface area contributed by atoms with Gasteiger partial charge in [-0.2, -0.15) is 0 Å². The lowest BCUT2D eigenvalue weighted by Crippen LogP contribution is -2.62. The Morgan fingerprint density at radius 1 is 1.34 bits per heavy atom. The van der Waals surface area contributed by atoms with Crippen LogP contribution in [0.5, 0.6) is 0 Å². The molecule has 4 rings (SSSR count). The number of morpholine rings is 1. The first kappa shape index (κ1) is 21.4. The van der Waals surface area contributed by atoms with E-state index in [-0.39, 0.29) is 33.7 Å². The SMILES string of the molecule is COC(=O)N1CCOC[C@H]1[C@]12CCCC[C@@H](CC1)[C@@H]2NS(=O)(=O)c1ccc(Cl)s1. The summed E-state index contributed by atoms with van der Waals surface area (Å²) < 4.78 is 40.8. The highest BCUT2D eigenvalue weighted by atomic mass is 35.5. The van der Waals surface area contributed by atoms with Gasteiger partial charge in [-0.1, -0.05) is 24.4 Å². The third-order valence-electron chi connectivity index (χ3n) is 6.84. The van der Waals surface area contributed by atoms with Crippen LogP contribution in [0.2, 0.25) is 4.34 Å². The molecule has 29 heavy (non-hydrogen) atoms. The summed E-state index contributed by atoms with van der Waals surface area (Å²) in [6.07, 6.45) is 5.40. The predicted molar refractivity (Wildman–Crippen MR) is 111 cm³/mol. The number of nitrogens with one attached hydrogen (secondary N) is 1. The topological polar surface area (TPSA) is 84.9 Å². The number of sulfonamides is 1. The van der Waals surface area contributed by atoms with Crippen LogP contribution in [-0.4, -0.2) is 58.4 Å². The monoisotopic (exact) mass is 462 g/mol. The number of methoxy groups -OCH3 is 1. The van der Waals surface area contributed by atoms with Crippen molar-refractivity contribution in [3.05, 3.63) is 16.5 Å². The molecule has 2 aliphatic carbocycles. The number of nitrogens with zero attached hydrogens (tertiary/aromatic N) is 1. The zero-order valence-corrected chi connectivity index (χ0v) is 18.8. The molecule has 3 aliphatic rings. The number of rotatable bonds is 4. The van der Waals surface area contributed by atoms with Gasteiger partial charge in [0.1, 0.15) is 4.21 Å². The molecular formula is C19H27ClN2O5S2. The van der Waals surface area contributed by atoms with Crippen molar-refractivity contribution >= 4 is 39.1 Å². The second-order valence-corrected chi connectivity index (χ2v) is 11.8. The van der Waals surface area contributed by atoms with Crippen LogP contribution < -0.4 is 4.72 Å². The Balaban J connectivity index is 1.70. The van der Waals surface area contributed by atoms with E-state index in [2.05, 4.69) is 4.72 Å². The molecule has 2 heterocycles. The second-order valence-electron chi connectivity index (χ2n) is 8.19. The number of amides is 1. The zero-order chi connectivity index (χ0) is 20.6. The Morgan fingerprint density at radius 3 is 2.90 bits per heavy atom. The summed E-state index contributed by atoms with van der Waals surface area (Å²) in [5.74, 6) is 0.254. The van der Waals surface area contributed by atoms with E-state index in [1.54, 1.807) is 17.0 Å². The molecule has 3 fully saturated rings. The highest BCUT2D eigenvalue weighted by Crippen LogP contribution is 2.54. The fourth-order valence-electron chi connectivity index (χ4n) is 5.54. The van der Waals surface area contributed by atoms with Crippen molar-refractivity contribution in [2.45, 2.75) is 54.8 Å². The largest absolute Gasteiger partial charge is 0.453 e. The summed E-state index contributed by atoms with van der Waals surface area (Å²) in [4.78, 5) is 14.2. The second kappa shape index (κ2) is 8.34. The average Bonchev–Trinajstić information content (AvgIpc) is 3.23. The predicted octanol–water partition coefficient (Wildman–Crippen LogP) is 3.49. The van der Waals surface area contributed by atoms with Gasteiger partial charge in [0.05, 0.1) is 30.7 Å². The van der Waals surface area contributed by atoms with Crippen molar-refractivity contribution < 1.29 is 22.7 Å². The number of carbonyl (C=O) groups excluding carboxylic acids is 1. The smallest absolute Gasteiger partial charge is 0.409 e. The van der Waals surface area contributed by atoms with E-state index < -0.39 is 10.0 Å². The van der Waals surface area contributed by atoms with Crippen molar-refractivity contribution in [3.8, 4) is 0 Å². The summed E-state index contributed by atoms with van der Waals surface area (Å²) in [6.45, 7) is 1.34. The molecule has 1 aromatic rings. The van der Waals surface area contributed by atoms with Gasteiger partial charge in [0.25, 0.3) is 0 Å². The normalized spacial score (nSPS) is 32.8. The summed E-state index contributed by atoms with van der Waals surface area (Å²) in [5, 5.41) is 0. The molecule has 1 aliphatic heterocycles. The Labute approximate surface area is 180 Å². The summed E-state index contributed by atoms with van der Waals surface area (Å²) in [6, 6.07) is 2.71. The van der Waals surface area contributed by atoms with Crippen LogP contribution in [0, 0.1) is 11.3 Å². The molecule has 1 saturated heterocycles. The number of carbonyl (C=O) groups is 1. The fourth-order valence-corrected chi connectivity index (χ4v) is 8.43. The molecule has 1 amide bonds. The molecule has 0 aromatic carbocycles. The summed E-state index contributed by atoms with van der Waals surface area (Å²) in [5.41, 5.74) is -0.357. The quantitative estimate of drug-likeness (QED) is 0.740. The third-order valence-corrected chi connectivity index (χ3v) is 10.00. The lowest BCUT2D eigenvalue weighted by molar-refractivity contribution is -0.0626. The number of halogens is 1. The standard InChI is InChI=1S/C19H27ClN2O5S2/c1-26-18(23)22-10-11-27-12-14(22)19-8-3-2-4-13(7-9-19)17(19)21-29(24,25)16-6-5-15(20)28-16/h5-6,13-14,17,21H,2-4,7-12H2,1H3/t13-,14-,17-,19-/m0/s1. The van der Waals surface area contributed by atoms with Gasteiger partial charge in [-0.15, -0.1) is 11.3 Å². The third kappa shape index (κ3) is 3.92. The van der Waals surface area contributed by atoms with Gasteiger partial charge < -0.3 is 9.47 Å². The number of hydrogen-bond donors (Lipinski definition) is 1. The first-order chi connectivity index (χ1) is 13.9. The van der Waals surface area contributed by atoms with Gasteiger partial charge in [-0.3, -0.25) is 4.90 Å². The van der Waals surface area contributed by atoms with Crippen molar-refractivity contribution in [2.24, 2.45) is 11.3 Å². The Kier molecular flexibility index (Phi) is 6.14. The molecule has 0 unspecified atom stereocenters. The van der Waals surface area contributed by atoms with Gasteiger partial charge >= 0.3 is 6.09 Å². The Hall–Kier alpha value is -0.870. The van der Waals surface area contributed by atoms with Gasteiger partial charge in [0.2, 0.25) is 10.0 Å². The maximum atomic E-state index is 13.1. The van der Waals surface area contributed by atoms with E-state index in [0.29, 0.717) is 24.1 Å². The van der Waals surface area contributed by atoms with Crippen LogP contribution in [0.25, 0.3) is 0 Å². The fraction of sp³-hybridized carbons (Fsp3) is 0.737. The van der Waals surface area contributed by atoms with Crippen LogP contribution in [0.1, 0.15) is 38.5 Å². The summed E-state index contributed by atoms with van der Waals surface area (Å²) >= 11 is 7.04. The lowest BCUT2D eigenvalue weighted by Gasteiger charge is -2.49. The zero-order valence-electron chi connectivity index (χ0n) is 16.4. The molecular weight excluding hydrogens is 436 g/mol. The van der Waals surface area contributed by atoms with E-state index >= 15 is 0 Å². The molecule has 7 nitrogen and oxygen atoms in total. The number of thiophene rings is 1. The van der Waals surface area contributed by atoms with Crippen molar-refractivity contribution in [2.75, 3.05) is 26.9 Å². The minimum absolute atomic E-state index is 0.202. The van der Waals surface area contributed by atoms with E-state index in [1.807, 2.05) is 0 Å². The van der Waals surface area contributed by atoms with Gasteiger partial charge in [-0.05, 0) is 43.7 Å². The molecule has 1 aromatic heterocycles. The molecule has 162 valence electrons. The minimum atomic E-state index is -3.69. The van der Waals surface area contributed by atoms with Crippen LogP contribution in [-0.2, 0) is 19.5 Å². The van der Waals surface area contributed by atoms with E-state index in [4.69, 9.17) is 21.1 Å². The van der Waals surface area contributed by atoms with E-state index in [0.717, 1.165) is 49.9 Å². The molecule has 0 spiro atoms. The van der Waals surface area contributed by atoms with Crippen LogP contribution >= 0.6 is 22.9 Å². The molecule has 1 N–H and O–H groups in total. The average molecular weight is 463 g/mol. The van der Waals surface area contributed by atoms with Gasteiger partial charge in [0, 0.05) is 18.0 Å². The molecule has 4 atom stereocenters. The lowest BCUT2D eigenvalue weighted by atomic mass is 9.71. The van der Waals surface area contributed by atoms with E-state index in [1.165, 1.54) is 7.11 Å². The molecule has 10 heteroatoms. The van der Waals surface area contributed by atoms with Crippen LogP contribution in [0.4, 0.5) is 4.79 Å². The summed E-state index contributed by atoms with van der Waals surface area (Å²) in [7, 11) is -2.31. The highest BCUT2D eigenvalue weighted by Gasteiger charge is 2.57. The minimum Gasteiger partial charge on any atom is -0.453 e. The van der Waals surface area contributed by atoms with E-state index in [9.17, 15) is 13.2 Å². The van der Waals surface area contributed by atoms with Crippen molar-refractivity contribution in [1.29, 1.82) is 0 Å². The van der Waals surface area contributed by atoms with Crippen molar-refractivity contribution in [1.82, 2.24) is 9.62 Å². The molecule has 0 radical (unpaired) electrons. The molecule has 2 bridgehead atoms. The number of fused-ring (bicyclic) bond motifs is 2. The Bertz CT molecular complexity index is 861. The van der Waals surface area contributed by atoms with Crippen LogP contribution in [0.15, 0.2) is 16.3 Å². The highest BCUT2D eigenvalue weighted by molar-refractivity contribution is 7.91. The van der Waals surface area contributed by atoms with Gasteiger partial charge in [0.15, 0.2) is 0 Å². The number of ether oxygens (including phenoxy) is 2. The maximum absolute atomic E-state index is 13.1. The molecule has 2 saturated carbocycles. The number of hydrogen-bond acceptors (Lipinski definition) is 6. The maximum Gasteiger partial charge on any atom is 0.409 e. The van der Waals surface area contributed by atoms with Crippen LogP contribution in [0.3, 0.4) is 0 Å². The first-order valence-corrected chi connectivity index (χ1v) is 12.8. The van der Waals surface area contributed by atoms with Crippen molar-refractivity contribution in [3.63, 3.8) is 0 Å². The van der Waals surface area contributed by atoms with Gasteiger partial charge in [-0.25, -0.2) is 17.9 Å². The Morgan fingerprint density at radius 2 is 2.17 bits per heavy atom.